The number of carbonyl (C=O) groups excluding carboxylic acids is 11. The maximum absolute atomic E-state index is 16.1. The standard InChI is InChI=1S/C92H111N17O12.ClH/c1-5-107(6-2)63-19-21-67-79(51-63)121-80-52-64(108(7-3)8-4)20-22-68(80)81(67)65-17-9-10-18-66(65)92(120)109-41-31-77(105-90(118)61-47-57-45-58(48-61)87(115)102-74-28-38-94-34-24-70(74)98-83(111)54-14-11-13-53(43-54)82(110)97-69-23-33-93-37-27-73(69)101-86(57)114)78(32-42-109)106-91(119)62-49-59-46-60(50-62)89(117)104-76-30-40-96-36-26-72(76)100-85(113)56-16-12-15-55(44-56)84(112)99-71-25-35-95-39-29-75(71)103-88(59)116;/h9-19,21,43-51,69-78,80,93-96H,5-8,20,22-42,52H2,1-4H3,(H9-,97,98,99,100,101,102,103,104,105,106,110,111,112,113,114,115,116,117,118,119);1H/t69-,70-,71-,72-,73-,74-,75-,76-,77-,78-,80?;/m0./s1. The van der Waals surface area contributed by atoms with E-state index in [0.717, 1.165) is 66.3 Å². The van der Waals surface area contributed by atoms with Gasteiger partial charge in [-0.1, -0.05) is 30.3 Å². The summed E-state index contributed by atoms with van der Waals surface area (Å²) in [5.41, 5.74) is 7.03. The zero-order chi connectivity index (χ0) is 84.4. The first-order valence-corrected chi connectivity index (χ1v) is 43.5. The maximum atomic E-state index is 16.1. The highest BCUT2D eigenvalue weighted by molar-refractivity contribution is 6.08. The molecule has 9 aliphatic rings. The fraction of sp³-hybridized carbons (Fsp3) is 0.457. The van der Waals surface area contributed by atoms with Crippen LogP contribution in [-0.2, 0) is 0 Å². The van der Waals surface area contributed by atoms with Crippen LogP contribution in [0.25, 0.3) is 5.57 Å². The number of ether oxygens (including phenoxy) is 1. The number of halogens is 1. The third kappa shape index (κ3) is 19.9. The van der Waals surface area contributed by atoms with Crippen LogP contribution in [0, 0.1) is 0 Å². The smallest absolute Gasteiger partial charge is 0.254 e. The van der Waals surface area contributed by atoms with Crippen LogP contribution in [0.4, 0.5) is 5.69 Å². The van der Waals surface area contributed by atoms with E-state index in [1.165, 1.54) is 54.2 Å². The highest BCUT2D eigenvalue weighted by Gasteiger charge is 2.41. The maximum Gasteiger partial charge on any atom is 0.254 e. The monoisotopic (exact) mass is 1680 g/mol. The van der Waals surface area contributed by atoms with Gasteiger partial charge in [-0.3, -0.25) is 52.7 Å². The van der Waals surface area contributed by atoms with Gasteiger partial charge in [-0.2, -0.15) is 0 Å². The molecular formula is C92H112ClN17O12. The number of anilines is 1. The molecule has 0 radical (unpaired) electrons. The number of amides is 11. The summed E-state index contributed by atoms with van der Waals surface area (Å²) in [5.74, 6) is -5.33. The summed E-state index contributed by atoms with van der Waals surface area (Å²) >= 11 is 0. The lowest BCUT2D eigenvalue weighted by atomic mass is 9.79. The molecule has 122 heavy (non-hydrogen) atoms. The van der Waals surface area contributed by atoms with Crippen molar-refractivity contribution in [3.63, 3.8) is 0 Å². The topological polar surface area (TPSA) is 375 Å². The Labute approximate surface area is 717 Å². The largest absolute Gasteiger partial charge is 1.00 e. The van der Waals surface area contributed by atoms with Gasteiger partial charge in [-0.25, -0.2) is 4.58 Å². The number of fused-ring (bicyclic) bond motifs is 14. The summed E-state index contributed by atoms with van der Waals surface area (Å²) in [5, 5.41) is 45.0. The van der Waals surface area contributed by atoms with Crippen molar-refractivity contribution >= 4 is 82.0 Å². The fourth-order valence-electron chi connectivity index (χ4n) is 18.9. The van der Waals surface area contributed by atoms with Crippen LogP contribution in [0.15, 0.2) is 133 Å². The van der Waals surface area contributed by atoms with E-state index in [2.05, 4.69) is 130 Å². The number of carbonyl (C=O) groups is 11. The molecule has 6 fully saturated rings. The van der Waals surface area contributed by atoms with Crippen molar-refractivity contribution in [2.45, 2.75) is 178 Å². The average molecular weight is 1680 g/mol. The Morgan fingerprint density at radius 2 is 0.762 bits per heavy atom. The Kier molecular flexibility index (Phi) is 28.3. The summed E-state index contributed by atoms with van der Waals surface area (Å²) in [4.78, 5) is 169. The molecule has 11 atom stereocenters. The molecule has 29 nitrogen and oxygen atoms in total. The highest BCUT2D eigenvalue weighted by Crippen LogP contribution is 2.47. The van der Waals surface area contributed by atoms with E-state index in [0.29, 0.717) is 122 Å². The lowest BCUT2D eigenvalue weighted by Crippen LogP contribution is -3.00. The number of likely N-dealkylation sites (tertiary alicyclic amines) is 1. The molecular weight excluding hydrogens is 1570 g/mol. The second kappa shape index (κ2) is 39.7. The van der Waals surface area contributed by atoms with Gasteiger partial charge in [0.25, 0.3) is 65.0 Å². The van der Waals surface area contributed by atoms with Crippen LogP contribution in [0.1, 0.15) is 236 Å². The third-order valence-electron chi connectivity index (χ3n) is 25.7. The van der Waals surface area contributed by atoms with Gasteiger partial charge in [-0.15, -0.1) is 0 Å². The van der Waals surface area contributed by atoms with E-state index >= 15 is 33.6 Å². The summed E-state index contributed by atoms with van der Waals surface area (Å²) < 4.78 is 9.49. The Hall–Kier alpha value is -11.4. The van der Waals surface area contributed by atoms with Crippen molar-refractivity contribution in [1.82, 2.24) is 79.3 Å². The van der Waals surface area contributed by atoms with E-state index in [1.54, 1.807) is 41.3 Å². The molecule has 8 heterocycles. The Morgan fingerprint density at radius 1 is 0.410 bits per heavy atom. The minimum atomic E-state index is -1.01. The van der Waals surface area contributed by atoms with Crippen molar-refractivity contribution in [3.8, 4) is 5.75 Å². The van der Waals surface area contributed by atoms with Crippen LogP contribution in [0.2, 0.25) is 0 Å². The fourth-order valence-corrected chi connectivity index (χ4v) is 18.9. The van der Waals surface area contributed by atoms with Crippen LogP contribution >= 0.6 is 0 Å². The zero-order valence-corrected chi connectivity index (χ0v) is 70.4. The van der Waals surface area contributed by atoms with E-state index in [9.17, 15) is 19.2 Å². The van der Waals surface area contributed by atoms with Gasteiger partial charge in [-0.05, 0) is 258 Å². The van der Waals surface area contributed by atoms with Gasteiger partial charge in [0.05, 0.1) is 66.8 Å². The quantitative estimate of drug-likeness (QED) is 0.0828. The van der Waals surface area contributed by atoms with E-state index in [4.69, 9.17) is 4.74 Å². The average Bonchev–Trinajstić information content (AvgIpc) is 0.747. The minimum Gasteiger partial charge on any atom is -1.00 e. The number of rotatable bonds is 11. The van der Waals surface area contributed by atoms with Crippen LogP contribution < -0.4 is 96.5 Å². The molecule has 14 N–H and O–H groups in total. The van der Waals surface area contributed by atoms with Crippen molar-refractivity contribution in [3.05, 3.63) is 205 Å². The molecule has 6 aromatic carbocycles. The van der Waals surface area contributed by atoms with Crippen LogP contribution in [-0.4, -0.2) is 238 Å². The first kappa shape index (κ1) is 87.0. The van der Waals surface area contributed by atoms with Gasteiger partial charge in [0.15, 0.2) is 5.71 Å². The number of hydrogen-bond donors (Lipinski definition) is 14. The second-order valence-corrected chi connectivity index (χ2v) is 33.1. The van der Waals surface area contributed by atoms with E-state index < -0.39 is 119 Å². The van der Waals surface area contributed by atoms with E-state index in [-0.39, 0.29) is 106 Å². The number of nitrogens with zero attached hydrogens (tertiary/aromatic N) is 3. The predicted molar refractivity (Wildman–Crippen MR) is 459 cm³/mol. The molecule has 1 saturated carbocycles. The molecule has 1 unspecified atom stereocenters. The van der Waals surface area contributed by atoms with Crippen molar-refractivity contribution < 1.29 is 74.5 Å². The first-order chi connectivity index (χ1) is 58.8. The Bertz CT molecular complexity index is 4670. The van der Waals surface area contributed by atoms with Crippen molar-refractivity contribution in [2.75, 3.05) is 96.5 Å². The number of hydrogen-bond acceptors (Lipinski definition) is 17. The van der Waals surface area contributed by atoms with Gasteiger partial charge in [0.1, 0.15) is 24.9 Å². The molecule has 15 rings (SSSR count). The summed E-state index contributed by atoms with van der Waals surface area (Å²) in [7, 11) is 0. The lowest BCUT2D eigenvalue weighted by Gasteiger charge is -2.36. The van der Waals surface area contributed by atoms with Crippen LogP contribution in [0.3, 0.4) is 0 Å². The summed E-state index contributed by atoms with van der Waals surface area (Å²) in [6.45, 7) is 16.0. The van der Waals surface area contributed by atoms with E-state index in [1.807, 2.05) is 24.3 Å². The summed E-state index contributed by atoms with van der Waals surface area (Å²) in [6.07, 6.45) is 5.24. The molecule has 0 aromatic heterocycles. The van der Waals surface area contributed by atoms with Gasteiger partial charge >= 0.3 is 0 Å². The molecule has 6 aromatic rings. The first-order valence-electron chi connectivity index (χ1n) is 43.5. The highest BCUT2D eigenvalue weighted by atomic mass is 35.5. The molecule has 1 aliphatic carbocycles. The van der Waals surface area contributed by atoms with Gasteiger partial charge in [0, 0.05) is 111 Å². The molecule has 5 saturated heterocycles. The normalized spacial score (nSPS) is 24.9. The Balaban J connectivity index is 0.0000121. The second-order valence-electron chi connectivity index (χ2n) is 33.1. The molecule has 0 spiro atoms. The van der Waals surface area contributed by atoms with Gasteiger partial charge in [0.2, 0.25) is 0 Å². The van der Waals surface area contributed by atoms with Gasteiger partial charge < -0.3 is 101 Å². The van der Waals surface area contributed by atoms with Crippen molar-refractivity contribution in [2.24, 2.45) is 0 Å². The SMILES string of the molecule is CCN(CC)c1ccc2c(c1)OC1CC(=[N+](CC)CC)CCC1=C2c1ccccc1C(=O)N1CC[C@H](NC(=O)c2cc3cc(c2)C(=O)N[C@H]2CCNCC[C@@H]2NC(=O)c2cccc(c2)C(=O)N[C@H]2CCNCC[C@@H]2NC3=O)[C@@H](NC(=O)c2cc3cc(c2)C(=O)N[C@H]2CCNCC[C@@H]2NC(=O)c2cccc(c2)C(=O)N[C@H]2CCNCC[C@@H]2NC3=O)CC1.[Cl-]. The molecule has 8 aliphatic heterocycles. The minimum absolute atomic E-state index is 0. The molecule has 30 heteroatoms. The number of nitrogens with one attached hydrogen (secondary N) is 14. The third-order valence-corrected chi connectivity index (χ3v) is 25.7. The number of benzene rings is 6. The van der Waals surface area contributed by atoms with Crippen molar-refractivity contribution in [1.29, 1.82) is 0 Å². The molecule has 11 amide bonds. The predicted octanol–water partition coefficient (Wildman–Crippen LogP) is 2.36. The van der Waals surface area contributed by atoms with Crippen LogP contribution in [0.5, 0.6) is 5.75 Å². The molecule has 8 bridgehead atoms. The lowest BCUT2D eigenvalue weighted by molar-refractivity contribution is -0.523. The molecule has 644 valence electrons. The Morgan fingerprint density at radius 3 is 1.12 bits per heavy atom. The zero-order valence-electron chi connectivity index (χ0n) is 69.7. The summed E-state index contributed by atoms with van der Waals surface area (Å²) in [6, 6.07) is 28.2.